The van der Waals surface area contributed by atoms with E-state index in [4.69, 9.17) is 16.6 Å². The van der Waals surface area contributed by atoms with Gasteiger partial charge >= 0.3 is 5.69 Å². The molecule has 0 fully saturated rings. The Morgan fingerprint density at radius 2 is 1.88 bits per heavy atom. The molecule has 0 radical (unpaired) electrons. The predicted molar refractivity (Wildman–Crippen MR) is 132 cm³/mol. The lowest BCUT2D eigenvalue weighted by Gasteiger charge is -2.33. The van der Waals surface area contributed by atoms with Crippen LogP contribution in [-0.4, -0.2) is 25.2 Å². The molecule has 1 aliphatic rings. The standard InChI is InChI=1S/C25H24ClN5O2/c1-17-15-30(20-12-6-11-19(26)14-20)24-27-22-21(31(24)16-17)23(32)29(25(33)28(22)2)13-7-10-18-8-4-3-5-9-18/h3-12,14,17H,13,15-16H2,1-2H3. The zero-order valence-corrected chi connectivity index (χ0v) is 19.2. The molecule has 33 heavy (non-hydrogen) atoms. The Bertz CT molecular complexity index is 1480. The maximum Gasteiger partial charge on any atom is 0.332 e. The summed E-state index contributed by atoms with van der Waals surface area (Å²) in [4.78, 5) is 33.3. The number of benzene rings is 2. The van der Waals surface area contributed by atoms with Crippen molar-refractivity contribution in [1.82, 2.24) is 18.7 Å². The van der Waals surface area contributed by atoms with Gasteiger partial charge in [0.1, 0.15) is 0 Å². The van der Waals surface area contributed by atoms with Gasteiger partial charge in [0.05, 0.1) is 0 Å². The highest BCUT2D eigenvalue weighted by atomic mass is 35.5. The first kappa shape index (κ1) is 21.3. The van der Waals surface area contributed by atoms with Crippen LogP contribution in [0.15, 0.2) is 70.3 Å². The summed E-state index contributed by atoms with van der Waals surface area (Å²) in [5.74, 6) is 0.923. The average molecular weight is 462 g/mol. The van der Waals surface area contributed by atoms with E-state index in [2.05, 4.69) is 11.8 Å². The minimum absolute atomic E-state index is 0.185. The van der Waals surface area contributed by atoms with Crippen molar-refractivity contribution in [2.75, 3.05) is 11.4 Å². The van der Waals surface area contributed by atoms with Crippen molar-refractivity contribution < 1.29 is 0 Å². The molecule has 1 unspecified atom stereocenters. The number of hydrogen-bond acceptors (Lipinski definition) is 4. The molecular formula is C25H24ClN5O2. The van der Waals surface area contributed by atoms with E-state index < -0.39 is 0 Å². The highest BCUT2D eigenvalue weighted by Gasteiger charge is 2.29. The number of allylic oxidation sites excluding steroid dienone is 1. The fourth-order valence-corrected chi connectivity index (χ4v) is 4.57. The topological polar surface area (TPSA) is 65.1 Å². The van der Waals surface area contributed by atoms with E-state index in [0.717, 1.165) is 17.8 Å². The molecule has 0 N–H and O–H groups in total. The van der Waals surface area contributed by atoms with Gasteiger partial charge in [-0.2, -0.15) is 4.98 Å². The van der Waals surface area contributed by atoms with E-state index in [0.29, 0.717) is 28.7 Å². The molecular weight excluding hydrogens is 438 g/mol. The van der Waals surface area contributed by atoms with E-state index in [1.54, 1.807) is 7.05 Å². The van der Waals surface area contributed by atoms with E-state index >= 15 is 0 Å². The number of aromatic nitrogens is 4. The second kappa shape index (κ2) is 8.41. The summed E-state index contributed by atoms with van der Waals surface area (Å²) in [7, 11) is 1.66. The Kier molecular flexibility index (Phi) is 5.42. The zero-order valence-electron chi connectivity index (χ0n) is 18.5. The Morgan fingerprint density at radius 3 is 2.64 bits per heavy atom. The third-order valence-corrected chi connectivity index (χ3v) is 6.20. The van der Waals surface area contributed by atoms with Crippen LogP contribution >= 0.6 is 11.6 Å². The molecule has 1 atom stereocenters. The van der Waals surface area contributed by atoms with Gasteiger partial charge in [0.25, 0.3) is 5.56 Å². The van der Waals surface area contributed by atoms with Crippen LogP contribution < -0.4 is 16.1 Å². The van der Waals surface area contributed by atoms with Crippen molar-refractivity contribution in [2.24, 2.45) is 13.0 Å². The van der Waals surface area contributed by atoms with Crippen molar-refractivity contribution >= 4 is 40.5 Å². The largest absolute Gasteiger partial charge is 0.332 e. The number of imidazole rings is 1. The molecule has 168 valence electrons. The first-order valence-electron chi connectivity index (χ1n) is 10.9. The molecule has 0 aliphatic carbocycles. The summed E-state index contributed by atoms with van der Waals surface area (Å²) in [6, 6.07) is 17.4. The van der Waals surface area contributed by atoms with E-state index in [9.17, 15) is 9.59 Å². The number of halogens is 1. The lowest BCUT2D eigenvalue weighted by Crippen LogP contribution is -2.40. The molecule has 2 aromatic heterocycles. The van der Waals surface area contributed by atoms with Gasteiger partial charge in [-0.3, -0.25) is 13.9 Å². The normalized spacial score (nSPS) is 16.0. The fraction of sp³-hybridized carbons (Fsp3) is 0.240. The zero-order chi connectivity index (χ0) is 23.1. The van der Waals surface area contributed by atoms with Crippen LogP contribution in [0.2, 0.25) is 5.02 Å². The quantitative estimate of drug-likeness (QED) is 0.460. The van der Waals surface area contributed by atoms with Gasteiger partial charge in [-0.05, 0) is 29.7 Å². The molecule has 5 rings (SSSR count). The SMILES string of the molecule is CC1CN(c2cccc(Cl)c2)c2nc3c(c(=O)n(CC=Cc4ccccc4)c(=O)n3C)n2C1. The average Bonchev–Trinajstić information content (AvgIpc) is 3.19. The van der Waals surface area contributed by atoms with Gasteiger partial charge in [0.2, 0.25) is 5.95 Å². The number of nitrogens with zero attached hydrogens (tertiary/aromatic N) is 5. The predicted octanol–water partition coefficient (Wildman–Crippen LogP) is 4.05. The molecule has 1 aliphatic heterocycles. The second-order valence-corrected chi connectivity index (χ2v) is 8.90. The smallest absolute Gasteiger partial charge is 0.312 e. The third kappa shape index (κ3) is 3.78. The van der Waals surface area contributed by atoms with Gasteiger partial charge in [-0.25, -0.2) is 4.79 Å². The van der Waals surface area contributed by atoms with E-state index in [-0.39, 0.29) is 23.7 Å². The fourth-order valence-electron chi connectivity index (χ4n) is 4.39. The number of anilines is 2. The van der Waals surface area contributed by atoms with Crippen LogP contribution in [0.5, 0.6) is 0 Å². The van der Waals surface area contributed by atoms with Crippen molar-refractivity contribution in [3.63, 3.8) is 0 Å². The number of rotatable bonds is 4. The Morgan fingerprint density at radius 1 is 1.09 bits per heavy atom. The van der Waals surface area contributed by atoms with Crippen molar-refractivity contribution in [3.8, 4) is 0 Å². The molecule has 3 heterocycles. The van der Waals surface area contributed by atoms with Gasteiger partial charge in [0, 0.05) is 37.4 Å². The van der Waals surface area contributed by atoms with Gasteiger partial charge in [-0.15, -0.1) is 0 Å². The summed E-state index contributed by atoms with van der Waals surface area (Å²) in [6.45, 7) is 3.71. The highest BCUT2D eigenvalue weighted by Crippen LogP contribution is 2.33. The molecule has 0 spiro atoms. The first-order valence-corrected chi connectivity index (χ1v) is 11.3. The van der Waals surface area contributed by atoms with E-state index in [1.165, 1.54) is 9.13 Å². The van der Waals surface area contributed by atoms with E-state index in [1.807, 2.05) is 71.3 Å². The van der Waals surface area contributed by atoms with Gasteiger partial charge in [-0.1, -0.05) is 67.1 Å². The molecule has 4 aromatic rings. The summed E-state index contributed by atoms with van der Waals surface area (Å²) < 4.78 is 4.66. The molecule has 7 nitrogen and oxygen atoms in total. The maximum absolute atomic E-state index is 13.5. The summed E-state index contributed by atoms with van der Waals surface area (Å²) in [5, 5.41) is 0.633. The van der Waals surface area contributed by atoms with Crippen LogP contribution in [-0.2, 0) is 20.1 Å². The minimum atomic E-state index is -0.386. The lowest BCUT2D eigenvalue weighted by molar-refractivity contribution is 0.458. The molecule has 0 bridgehead atoms. The second-order valence-electron chi connectivity index (χ2n) is 8.46. The first-order chi connectivity index (χ1) is 15.9. The Balaban J connectivity index is 1.64. The van der Waals surface area contributed by atoms with Gasteiger partial charge in [0.15, 0.2) is 11.2 Å². The van der Waals surface area contributed by atoms with Crippen LogP contribution in [0, 0.1) is 5.92 Å². The van der Waals surface area contributed by atoms with Crippen molar-refractivity contribution in [3.05, 3.63) is 92.1 Å². The molecule has 8 heteroatoms. The summed E-state index contributed by atoms with van der Waals surface area (Å²) >= 11 is 6.23. The maximum atomic E-state index is 13.5. The molecule has 0 saturated carbocycles. The Labute approximate surface area is 195 Å². The van der Waals surface area contributed by atoms with Crippen LogP contribution in [0.25, 0.3) is 17.2 Å². The molecule has 2 aromatic carbocycles. The third-order valence-electron chi connectivity index (χ3n) is 5.96. The minimum Gasteiger partial charge on any atom is -0.312 e. The summed E-state index contributed by atoms with van der Waals surface area (Å²) in [5.41, 5.74) is 2.04. The number of fused-ring (bicyclic) bond motifs is 3. The van der Waals surface area contributed by atoms with Crippen LogP contribution in [0.1, 0.15) is 12.5 Å². The van der Waals surface area contributed by atoms with Crippen LogP contribution in [0.3, 0.4) is 0 Å². The Hall–Kier alpha value is -3.58. The van der Waals surface area contributed by atoms with Gasteiger partial charge < -0.3 is 9.47 Å². The van der Waals surface area contributed by atoms with Crippen molar-refractivity contribution in [2.45, 2.75) is 20.0 Å². The number of aryl methyl sites for hydroxylation is 1. The molecule has 0 amide bonds. The monoisotopic (exact) mass is 461 g/mol. The lowest BCUT2D eigenvalue weighted by atomic mass is 10.1. The number of hydrogen-bond donors (Lipinski definition) is 0. The highest BCUT2D eigenvalue weighted by molar-refractivity contribution is 6.30. The molecule has 0 saturated heterocycles. The van der Waals surface area contributed by atoms with Crippen LogP contribution in [0.4, 0.5) is 11.6 Å². The summed E-state index contributed by atoms with van der Waals surface area (Å²) in [6.07, 6.45) is 3.74. The van der Waals surface area contributed by atoms with Crippen molar-refractivity contribution in [1.29, 1.82) is 0 Å².